The van der Waals surface area contributed by atoms with Crippen LogP contribution < -0.4 is 5.73 Å². The molecule has 18 heavy (non-hydrogen) atoms. The summed E-state index contributed by atoms with van der Waals surface area (Å²) in [7, 11) is 0. The van der Waals surface area contributed by atoms with Gasteiger partial charge in [-0.25, -0.2) is 4.79 Å². The lowest BCUT2D eigenvalue weighted by atomic mass is 10.2. The van der Waals surface area contributed by atoms with Gasteiger partial charge >= 0.3 is 5.97 Å². The van der Waals surface area contributed by atoms with Gasteiger partial charge in [0.1, 0.15) is 6.10 Å². The van der Waals surface area contributed by atoms with Crippen molar-refractivity contribution in [1.29, 1.82) is 0 Å². The molecule has 1 aromatic carbocycles. The number of aromatic nitrogens is 2. The largest absolute Gasteiger partial charge is 0.455 e. The van der Waals surface area contributed by atoms with E-state index in [9.17, 15) is 4.79 Å². The predicted octanol–water partition coefficient (Wildman–Crippen LogP) is 1.09. The molecule has 2 heterocycles. The molecule has 3 N–H and O–H groups in total. The number of nitrogen functional groups attached to an aromatic ring is 1. The monoisotopic (exact) mass is 247 g/mol. The van der Waals surface area contributed by atoms with E-state index < -0.39 is 5.97 Å². The van der Waals surface area contributed by atoms with E-state index in [1.54, 1.807) is 18.2 Å². The molecule has 1 aliphatic heterocycles. The van der Waals surface area contributed by atoms with Crippen molar-refractivity contribution < 1.29 is 14.3 Å². The van der Waals surface area contributed by atoms with E-state index in [4.69, 9.17) is 15.2 Å². The molecule has 1 atom stereocenters. The highest BCUT2D eigenvalue weighted by atomic mass is 16.6. The van der Waals surface area contributed by atoms with Crippen molar-refractivity contribution >= 4 is 22.6 Å². The van der Waals surface area contributed by atoms with E-state index in [1.807, 2.05) is 0 Å². The van der Waals surface area contributed by atoms with E-state index >= 15 is 0 Å². The van der Waals surface area contributed by atoms with Crippen LogP contribution in [0.2, 0.25) is 0 Å². The Morgan fingerprint density at radius 3 is 3.22 bits per heavy atom. The molecule has 3 rings (SSSR count). The Kier molecular flexibility index (Phi) is 2.64. The first-order valence-corrected chi connectivity index (χ1v) is 5.76. The number of carbonyl (C=O) groups is 1. The SMILES string of the molecule is Nc1ccc2[nH]nc(C(=O)OC3CCOC3)c2c1. The van der Waals surface area contributed by atoms with Crippen LogP contribution in [0.25, 0.3) is 10.9 Å². The fourth-order valence-corrected chi connectivity index (χ4v) is 2.00. The minimum Gasteiger partial charge on any atom is -0.455 e. The first-order valence-electron chi connectivity index (χ1n) is 5.76. The number of H-pyrrole nitrogens is 1. The molecule has 94 valence electrons. The summed E-state index contributed by atoms with van der Waals surface area (Å²) < 4.78 is 10.5. The molecule has 0 aliphatic carbocycles. The fraction of sp³-hybridized carbons (Fsp3) is 0.333. The molecule has 6 nitrogen and oxygen atoms in total. The van der Waals surface area contributed by atoms with Crippen molar-refractivity contribution in [3.8, 4) is 0 Å². The number of fused-ring (bicyclic) bond motifs is 1. The lowest BCUT2D eigenvalue weighted by molar-refractivity contribution is 0.0266. The number of benzene rings is 1. The number of anilines is 1. The van der Waals surface area contributed by atoms with Gasteiger partial charge in [-0.05, 0) is 18.2 Å². The molecule has 0 radical (unpaired) electrons. The van der Waals surface area contributed by atoms with Gasteiger partial charge in [-0.2, -0.15) is 5.10 Å². The van der Waals surface area contributed by atoms with Gasteiger partial charge in [0, 0.05) is 17.5 Å². The lowest BCUT2D eigenvalue weighted by Crippen LogP contribution is -2.18. The Balaban J connectivity index is 1.88. The summed E-state index contributed by atoms with van der Waals surface area (Å²) in [6, 6.07) is 5.24. The second-order valence-corrected chi connectivity index (χ2v) is 4.27. The van der Waals surface area contributed by atoms with E-state index in [0.29, 0.717) is 24.3 Å². The van der Waals surface area contributed by atoms with Crippen LogP contribution >= 0.6 is 0 Å². The maximum atomic E-state index is 12.0. The molecule has 2 aromatic rings. The van der Waals surface area contributed by atoms with E-state index in [-0.39, 0.29) is 11.8 Å². The first-order chi connectivity index (χ1) is 8.74. The molecule has 0 amide bonds. The van der Waals surface area contributed by atoms with Gasteiger partial charge in [0.2, 0.25) is 0 Å². The molecule has 1 aromatic heterocycles. The van der Waals surface area contributed by atoms with E-state index in [1.165, 1.54) is 0 Å². The predicted molar refractivity (Wildman–Crippen MR) is 65.1 cm³/mol. The fourth-order valence-electron chi connectivity index (χ4n) is 2.00. The molecular formula is C12H13N3O3. The van der Waals surface area contributed by atoms with Crippen LogP contribution in [0.4, 0.5) is 5.69 Å². The summed E-state index contributed by atoms with van der Waals surface area (Å²) in [5.74, 6) is -0.442. The van der Waals surface area contributed by atoms with Crippen LogP contribution in [0.5, 0.6) is 0 Å². The third kappa shape index (κ3) is 1.91. The van der Waals surface area contributed by atoms with Gasteiger partial charge < -0.3 is 15.2 Å². The molecule has 1 fully saturated rings. The highest BCUT2D eigenvalue weighted by Crippen LogP contribution is 2.20. The van der Waals surface area contributed by atoms with Crippen LogP contribution in [-0.2, 0) is 9.47 Å². The molecule has 0 saturated carbocycles. The molecule has 6 heteroatoms. The van der Waals surface area contributed by atoms with E-state index in [2.05, 4.69) is 10.2 Å². The average molecular weight is 247 g/mol. The summed E-state index contributed by atoms with van der Waals surface area (Å²) in [4.78, 5) is 12.0. The van der Waals surface area contributed by atoms with Gasteiger partial charge in [-0.1, -0.05) is 0 Å². The van der Waals surface area contributed by atoms with Crippen LogP contribution in [-0.4, -0.2) is 35.5 Å². The smallest absolute Gasteiger partial charge is 0.359 e. The topological polar surface area (TPSA) is 90.2 Å². The number of nitrogens with one attached hydrogen (secondary N) is 1. The van der Waals surface area contributed by atoms with Crippen LogP contribution in [0.1, 0.15) is 16.9 Å². The highest BCUT2D eigenvalue weighted by molar-refractivity contribution is 6.02. The maximum Gasteiger partial charge on any atom is 0.359 e. The van der Waals surface area contributed by atoms with Gasteiger partial charge in [0.05, 0.1) is 18.7 Å². The Morgan fingerprint density at radius 2 is 2.44 bits per heavy atom. The van der Waals surface area contributed by atoms with Crippen LogP contribution in [0.15, 0.2) is 18.2 Å². The summed E-state index contributed by atoms with van der Waals surface area (Å²) in [6.45, 7) is 1.09. The second kappa shape index (κ2) is 4.30. The summed E-state index contributed by atoms with van der Waals surface area (Å²) in [5.41, 5.74) is 7.32. The minimum absolute atomic E-state index is 0.176. The molecule has 1 aliphatic rings. The Morgan fingerprint density at radius 1 is 1.56 bits per heavy atom. The van der Waals surface area contributed by atoms with Crippen molar-refractivity contribution in [2.45, 2.75) is 12.5 Å². The second-order valence-electron chi connectivity index (χ2n) is 4.27. The third-order valence-corrected chi connectivity index (χ3v) is 2.94. The van der Waals surface area contributed by atoms with Crippen molar-refractivity contribution in [3.63, 3.8) is 0 Å². The number of aromatic amines is 1. The van der Waals surface area contributed by atoms with Gasteiger partial charge in [0.15, 0.2) is 5.69 Å². The summed E-state index contributed by atoms with van der Waals surface area (Å²) >= 11 is 0. The number of esters is 1. The minimum atomic E-state index is -0.442. The number of carbonyl (C=O) groups excluding carboxylic acids is 1. The number of hydrogen-bond donors (Lipinski definition) is 2. The molecule has 0 spiro atoms. The van der Waals surface area contributed by atoms with Crippen molar-refractivity contribution in [1.82, 2.24) is 10.2 Å². The highest BCUT2D eigenvalue weighted by Gasteiger charge is 2.23. The lowest BCUT2D eigenvalue weighted by Gasteiger charge is -2.08. The van der Waals surface area contributed by atoms with Crippen LogP contribution in [0, 0.1) is 0 Å². The van der Waals surface area contributed by atoms with Crippen molar-refractivity contribution in [2.24, 2.45) is 0 Å². The van der Waals surface area contributed by atoms with Gasteiger partial charge in [-0.3, -0.25) is 5.10 Å². The van der Waals surface area contributed by atoms with Crippen LogP contribution in [0.3, 0.4) is 0 Å². The maximum absolute atomic E-state index is 12.0. The van der Waals surface area contributed by atoms with Gasteiger partial charge in [-0.15, -0.1) is 0 Å². The third-order valence-electron chi connectivity index (χ3n) is 2.94. The standard InChI is InChI=1S/C12H13N3O3/c13-7-1-2-10-9(5-7)11(15-14-10)12(16)18-8-3-4-17-6-8/h1-2,5,8H,3-4,6,13H2,(H,14,15). The van der Waals surface area contributed by atoms with Crippen molar-refractivity contribution in [2.75, 3.05) is 18.9 Å². The zero-order valence-corrected chi connectivity index (χ0v) is 9.68. The number of ether oxygens (including phenoxy) is 2. The Hall–Kier alpha value is -2.08. The zero-order chi connectivity index (χ0) is 12.5. The normalized spacial score (nSPS) is 19.2. The quantitative estimate of drug-likeness (QED) is 0.612. The summed E-state index contributed by atoms with van der Waals surface area (Å²) in [5, 5.41) is 7.45. The number of nitrogens with two attached hydrogens (primary N) is 1. The Labute approximate surface area is 103 Å². The average Bonchev–Trinajstić information content (AvgIpc) is 2.97. The summed E-state index contributed by atoms with van der Waals surface area (Å²) in [6.07, 6.45) is 0.557. The van der Waals surface area contributed by atoms with Crippen molar-refractivity contribution in [3.05, 3.63) is 23.9 Å². The Bertz CT molecular complexity index is 587. The van der Waals surface area contributed by atoms with E-state index in [0.717, 1.165) is 11.9 Å². The first kappa shape index (κ1) is 11.0. The zero-order valence-electron chi connectivity index (χ0n) is 9.68. The molecule has 1 unspecified atom stereocenters. The number of rotatable bonds is 2. The van der Waals surface area contributed by atoms with Gasteiger partial charge in [0.25, 0.3) is 0 Å². The molecule has 0 bridgehead atoms. The number of hydrogen-bond acceptors (Lipinski definition) is 5. The number of nitrogens with zero attached hydrogens (tertiary/aromatic N) is 1. The molecular weight excluding hydrogens is 234 g/mol. The molecule has 1 saturated heterocycles.